The van der Waals surface area contributed by atoms with Crippen LogP contribution in [0, 0.1) is 0 Å². The van der Waals surface area contributed by atoms with Gasteiger partial charge in [0.1, 0.15) is 24.7 Å². The van der Waals surface area contributed by atoms with Crippen molar-refractivity contribution >= 4 is 0 Å². The smallest absolute Gasteiger partial charge is 0.411 e. The average Bonchev–Trinajstić information content (AvgIpc) is 2.86. The second kappa shape index (κ2) is 6.00. The maximum absolute atomic E-state index is 11.9. The van der Waals surface area contributed by atoms with E-state index in [-0.39, 0.29) is 23.0 Å². The van der Waals surface area contributed by atoms with Gasteiger partial charge in [0, 0.05) is 0 Å². The van der Waals surface area contributed by atoms with Crippen LogP contribution in [0.25, 0.3) is 11.5 Å². The molecule has 1 heterocycles. The fourth-order valence-electron chi connectivity index (χ4n) is 1.49. The van der Waals surface area contributed by atoms with Gasteiger partial charge in [-0.2, -0.15) is 18.2 Å². The molecule has 114 valence electrons. The molecule has 0 spiro atoms. The molecule has 0 radical (unpaired) electrons. The van der Waals surface area contributed by atoms with Gasteiger partial charge in [0.25, 0.3) is 5.89 Å². The number of benzene rings is 1. The number of phenolic OH excluding ortho intramolecular Hbond substituents is 1. The lowest BCUT2D eigenvalue weighted by molar-refractivity contribution is -0.177. The Kier molecular flexibility index (Phi) is 4.32. The van der Waals surface area contributed by atoms with E-state index in [4.69, 9.17) is 9.26 Å². The third-order valence-corrected chi connectivity index (χ3v) is 2.40. The Balaban J connectivity index is 2.09. The molecule has 2 rings (SSSR count). The summed E-state index contributed by atoms with van der Waals surface area (Å²) in [5.74, 6) is 0.228. The molecule has 0 unspecified atom stereocenters. The lowest BCUT2D eigenvalue weighted by atomic mass is 10.2. The number of ether oxygens (including phenoxy) is 2. The minimum absolute atomic E-state index is 0.0444. The number of hydrogen-bond donors (Lipinski definition) is 1. The summed E-state index contributed by atoms with van der Waals surface area (Å²) < 4.78 is 50.1. The second-order valence-electron chi connectivity index (χ2n) is 4.01. The van der Waals surface area contributed by atoms with Crippen molar-refractivity contribution in [2.24, 2.45) is 0 Å². The SMILES string of the molecule is COc1ccc(O)c(-c2nc(COCC(F)(F)F)no2)c1. The number of phenols is 1. The predicted octanol–water partition coefficient (Wildman–Crippen LogP) is 2.53. The maximum Gasteiger partial charge on any atom is 0.411 e. The Hall–Kier alpha value is -2.29. The summed E-state index contributed by atoms with van der Waals surface area (Å²) in [5, 5.41) is 13.2. The Bertz CT molecular complexity index is 613. The van der Waals surface area contributed by atoms with Crippen molar-refractivity contribution in [2.75, 3.05) is 13.7 Å². The van der Waals surface area contributed by atoms with Crippen molar-refractivity contribution in [2.45, 2.75) is 12.8 Å². The van der Waals surface area contributed by atoms with E-state index in [9.17, 15) is 18.3 Å². The van der Waals surface area contributed by atoms with Gasteiger partial charge in [0.15, 0.2) is 5.82 Å². The van der Waals surface area contributed by atoms with Gasteiger partial charge in [0.2, 0.25) is 0 Å². The molecule has 1 N–H and O–H groups in total. The number of nitrogens with zero attached hydrogens (tertiary/aromatic N) is 2. The topological polar surface area (TPSA) is 77.6 Å². The van der Waals surface area contributed by atoms with E-state index in [1.165, 1.54) is 25.3 Å². The van der Waals surface area contributed by atoms with E-state index in [0.717, 1.165) is 0 Å². The Morgan fingerprint density at radius 2 is 2.10 bits per heavy atom. The molecule has 6 nitrogen and oxygen atoms in total. The summed E-state index contributed by atoms with van der Waals surface area (Å²) >= 11 is 0. The first-order valence-electron chi connectivity index (χ1n) is 5.73. The highest BCUT2D eigenvalue weighted by atomic mass is 19.4. The summed E-state index contributed by atoms with van der Waals surface area (Å²) in [6.45, 7) is -1.85. The number of aromatic nitrogens is 2. The molecule has 9 heteroatoms. The summed E-state index contributed by atoms with van der Waals surface area (Å²) in [5.41, 5.74) is 0.212. The van der Waals surface area contributed by atoms with Gasteiger partial charge < -0.3 is 19.1 Å². The molecule has 0 aliphatic carbocycles. The van der Waals surface area contributed by atoms with Crippen LogP contribution in [0.15, 0.2) is 22.7 Å². The van der Waals surface area contributed by atoms with Crippen molar-refractivity contribution < 1.29 is 32.3 Å². The number of rotatable bonds is 5. The lowest BCUT2D eigenvalue weighted by Gasteiger charge is -2.04. The third-order valence-electron chi connectivity index (χ3n) is 2.40. The molecule has 0 amide bonds. The zero-order valence-corrected chi connectivity index (χ0v) is 10.8. The van der Waals surface area contributed by atoms with E-state index in [1.54, 1.807) is 0 Å². The van der Waals surface area contributed by atoms with Crippen molar-refractivity contribution in [1.29, 1.82) is 0 Å². The maximum atomic E-state index is 11.9. The monoisotopic (exact) mass is 304 g/mol. The average molecular weight is 304 g/mol. The van der Waals surface area contributed by atoms with Crippen LogP contribution < -0.4 is 4.74 Å². The first kappa shape index (κ1) is 15.1. The summed E-state index contributed by atoms with van der Waals surface area (Å²) in [6, 6.07) is 4.37. The largest absolute Gasteiger partial charge is 0.507 e. The summed E-state index contributed by atoms with van der Waals surface area (Å²) in [6.07, 6.45) is -4.42. The first-order valence-corrected chi connectivity index (χ1v) is 5.73. The van der Waals surface area contributed by atoms with Crippen LogP contribution >= 0.6 is 0 Å². The number of methoxy groups -OCH3 is 1. The van der Waals surface area contributed by atoms with E-state index >= 15 is 0 Å². The van der Waals surface area contributed by atoms with Crippen molar-refractivity contribution in [3.63, 3.8) is 0 Å². The molecule has 0 atom stereocenters. The highest BCUT2D eigenvalue weighted by Crippen LogP contribution is 2.31. The van der Waals surface area contributed by atoms with Gasteiger partial charge >= 0.3 is 6.18 Å². The molecular formula is C12H11F3N2O4. The van der Waals surface area contributed by atoms with E-state index in [2.05, 4.69) is 14.9 Å². The minimum Gasteiger partial charge on any atom is -0.507 e. The number of aromatic hydroxyl groups is 1. The highest BCUT2D eigenvalue weighted by Gasteiger charge is 2.27. The number of alkyl halides is 3. The van der Waals surface area contributed by atoms with Crippen LogP contribution in [0.3, 0.4) is 0 Å². The lowest BCUT2D eigenvalue weighted by Crippen LogP contribution is -2.16. The van der Waals surface area contributed by atoms with Gasteiger partial charge in [0.05, 0.1) is 12.7 Å². The van der Waals surface area contributed by atoms with Gasteiger partial charge in [-0.3, -0.25) is 0 Å². The van der Waals surface area contributed by atoms with Gasteiger partial charge in [-0.15, -0.1) is 0 Å². The molecular weight excluding hydrogens is 293 g/mol. The van der Waals surface area contributed by atoms with Crippen molar-refractivity contribution in [1.82, 2.24) is 10.1 Å². The summed E-state index contributed by atoms with van der Waals surface area (Å²) in [4.78, 5) is 3.85. The van der Waals surface area contributed by atoms with Crippen molar-refractivity contribution in [3.8, 4) is 23.0 Å². The molecule has 0 aliphatic heterocycles. The molecule has 1 aromatic carbocycles. The summed E-state index contributed by atoms with van der Waals surface area (Å²) in [7, 11) is 1.44. The highest BCUT2D eigenvalue weighted by molar-refractivity contribution is 5.64. The standard InChI is InChI=1S/C12H11F3N2O4/c1-19-7-2-3-9(18)8(4-7)11-16-10(17-21-11)5-20-6-12(13,14)15/h2-4,18H,5-6H2,1H3. The van der Waals surface area contributed by atoms with Crippen LogP contribution in [0.1, 0.15) is 5.82 Å². The molecule has 0 saturated carbocycles. The number of halogens is 3. The fraction of sp³-hybridized carbons (Fsp3) is 0.333. The molecule has 0 aliphatic rings. The van der Waals surface area contributed by atoms with Gasteiger partial charge in [-0.25, -0.2) is 0 Å². The van der Waals surface area contributed by atoms with E-state index in [1.807, 2.05) is 0 Å². The Morgan fingerprint density at radius 3 is 2.76 bits per heavy atom. The molecule has 0 fully saturated rings. The normalized spacial score (nSPS) is 11.6. The fourth-order valence-corrected chi connectivity index (χ4v) is 1.49. The Morgan fingerprint density at radius 1 is 1.33 bits per heavy atom. The first-order chi connectivity index (χ1) is 9.89. The third kappa shape index (κ3) is 4.09. The molecule has 0 saturated heterocycles. The molecule has 0 bridgehead atoms. The Labute approximate surface area is 117 Å². The van der Waals surface area contributed by atoms with Crippen LogP contribution in [-0.4, -0.2) is 35.1 Å². The molecule has 2 aromatic rings. The number of hydrogen-bond acceptors (Lipinski definition) is 6. The molecule has 1 aromatic heterocycles. The zero-order chi connectivity index (χ0) is 15.5. The van der Waals surface area contributed by atoms with E-state index < -0.39 is 19.4 Å². The van der Waals surface area contributed by atoms with E-state index in [0.29, 0.717) is 5.75 Å². The van der Waals surface area contributed by atoms with Crippen LogP contribution in [0.2, 0.25) is 0 Å². The van der Waals surface area contributed by atoms with Gasteiger partial charge in [-0.1, -0.05) is 5.16 Å². The van der Waals surface area contributed by atoms with Crippen LogP contribution in [0.4, 0.5) is 13.2 Å². The minimum atomic E-state index is -4.42. The molecule has 21 heavy (non-hydrogen) atoms. The van der Waals surface area contributed by atoms with Crippen molar-refractivity contribution in [3.05, 3.63) is 24.0 Å². The zero-order valence-electron chi connectivity index (χ0n) is 10.8. The second-order valence-corrected chi connectivity index (χ2v) is 4.01. The van der Waals surface area contributed by atoms with Crippen LogP contribution in [0.5, 0.6) is 11.5 Å². The van der Waals surface area contributed by atoms with Crippen LogP contribution in [-0.2, 0) is 11.3 Å². The quantitative estimate of drug-likeness (QED) is 0.914. The van der Waals surface area contributed by atoms with Gasteiger partial charge in [-0.05, 0) is 18.2 Å². The predicted molar refractivity (Wildman–Crippen MR) is 63.7 cm³/mol.